The molecule has 0 saturated heterocycles. The fourth-order valence-electron chi connectivity index (χ4n) is 4.58. The molecular formula is C33H34O3. The Morgan fingerprint density at radius 2 is 0.861 bits per heavy atom. The normalized spacial score (nSPS) is 12.5. The molecule has 0 aliphatic rings. The van der Waals surface area contributed by atoms with Gasteiger partial charge in [-0.3, -0.25) is 0 Å². The van der Waals surface area contributed by atoms with Crippen molar-refractivity contribution in [3.63, 3.8) is 0 Å². The summed E-state index contributed by atoms with van der Waals surface area (Å²) in [6.45, 7) is 4.77. The molecule has 4 aromatic rings. The first-order valence-electron chi connectivity index (χ1n) is 12.6. The van der Waals surface area contributed by atoms with Crippen LogP contribution in [0.5, 0.6) is 0 Å². The zero-order valence-electron chi connectivity index (χ0n) is 21.1. The summed E-state index contributed by atoms with van der Waals surface area (Å²) in [5, 5.41) is 0. The third kappa shape index (κ3) is 7.08. The van der Waals surface area contributed by atoms with Crippen molar-refractivity contribution in [2.24, 2.45) is 0 Å². The Morgan fingerprint density at radius 1 is 0.528 bits per heavy atom. The highest BCUT2D eigenvalue weighted by Gasteiger charge is 2.17. The van der Waals surface area contributed by atoms with E-state index in [-0.39, 0.29) is 11.8 Å². The SMILES string of the molecule is Cc1ccc(C(CCOC(=O)OCCC(c2ccccc2)c2ccc(C)cc2)c2ccccc2)cc1. The van der Waals surface area contributed by atoms with Crippen LogP contribution in [0, 0.1) is 13.8 Å². The zero-order valence-corrected chi connectivity index (χ0v) is 21.1. The minimum atomic E-state index is -0.610. The third-order valence-electron chi connectivity index (χ3n) is 6.62. The molecule has 0 fully saturated rings. The lowest BCUT2D eigenvalue weighted by Crippen LogP contribution is -2.14. The second-order valence-electron chi connectivity index (χ2n) is 9.27. The standard InChI is InChI=1S/C33H34O3/c1-25-13-17-29(18-14-25)31(27-9-5-3-6-10-27)21-23-35-33(34)36-24-22-32(28-11-7-4-8-12-28)30-19-15-26(2)16-20-30/h3-20,31-32H,21-24H2,1-2H3. The number of carbonyl (C=O) groups excluding carboxylic acids is 1. The van der Waals surface area contributed by atoms with Gasteiger partial charge < -0.3 is 9.47 Å². The van der Waals surface area contributed by atoms with E-state index in [1.54, 1.807) is 0 Å². The van der Waals surface area contributed by atoms with Crippen molar-refractivity contribution >= 4 is 6.16 Å². The number of hydrogen-bond donors (Lipinski definition) is 0. The molecule has 0 heterocycles. The van der Waals surface area contributed by atoms with Gasteiger partial charge in [0.2, 0.25) is 0 Å². The first kappa shape index (κ1) is 25.2. The predicted octanol–water partition coefficient (Wildman–Crippen LogP) is 8.20. The maximum Gasteiger partial charge on any atom is 0.508 e. The molecule has 0 aromatic heterocycles. The smallest absolute Gasteiger partial charge is 0.434 e. The summed E-state index contributed by atoms with van der Waals surface area (Å²) in [7, 11) is 0. The third-order valence-corrected chi connectivity index (χ3v) is 6.62. The summed E-state index contributed by atoms with van der Waals surface area (Å²) in [5.74, 6) is 0.312. The molecule has 3 heteroatoms. The van der Waals surface area contributed by atoms with E-state index >= 15 is 0 Å². The molecule has 0 N–H and O–H groups in total. The minimum Gasteiger partial charge on any atom is -0.434 e. The van der Waals surface area contributed by atoms with Gasteiger partial charge in [-0.25, -0.2) is 4.79 Å². The fraction of sp³-hybridized carbons (Fsp3) is 0.242. The van der Waals surface area contributed by atoms with Gasteiger partial charge >= 0.3 is 6.16 Å². The highest BCUT2D eigenvalue weighted by atomic mass is 16.7. The summed E-state index contributed by atoms with van der Waals surface area (Å²) >= 11 is 0. The lowest BCUT2D eigenvalue weighted by atomic mass is 9.88. The maximum atomic E-state index is 12.4. The molecule has 2 unspecified atom stereocenters. The van der Waals surface area contributed by atoms with Gasteiger partial charge in [0.15, 0.2) is 0 Å². The Bertz CT molecular complexity index is 1100. The Labute approximate surface area is 214 Å². The van der Waals surface area contributed by atoms with Crippen LogP contribution >= 0.6 is 0 Å². The molecule has 0 aliphatic carbocycles. The molecule has 0 saturated carbocycles. The topological polar surface area (TPSA) is 35.5 Å². The predicted molar refractivity (Wildman–Crippen MR) is 145 cm³/mol. The molecule has 0 spiro atoms. The summed E-state index contributed by atoms with van der Waals surface area (Å²) in [6, 6.07) is 37.8. The van der Waals surface area contributed by atoms with Crippen LogP contribution in [0.15, 0.2) is 109 Å². The number of hydrogen-bond acceptors (Lipinski definition) is 3. The van der Waals surface area contributed by atoms with Crippen LogP contribution in [-0.4, -0.2) is 19.4 Å². The summed E-state index contributed by atoms with van der Waals surface area (Å²) in [5.41, 5.74) is 7.30. The molecular weight excluding hydrogens is 444 g/mol. The van der Waals surface area contributed by atoms with Gasteiger partial charge in [0.05, 0.1) is 13.2 Å². The highest BCUT2D eigenvalue weighted by molar-refractivity contribution is 5.59. The molecule has 4 rings (SSSR count). The fourth-order valence-corrected chi connectivity index (χ4v) is 4.58. The van der Waals surface area contributed by atoms with Crippen molar-refractivity contribution in [2.45, 2.75) is 38.5 Å². The molecule has 3 nitrogen and oxygen atoms in total. The Kier molecular flexibility index (Phi) is 8.93. The molecule has 4 aromatic carbocycles. The van der Waals surface area contributed by atoms with Gasteiger partial charge in [-0.05, 0) is 48.9 Å². The molecule has 36 heavy (non-hydrogen) atoms. The Balaban J connectivity index is 1.32. The summed E-state index contributed by atoms with van der Waals surface area (Å²) < 4.78 is 11.0. The van der Waals surface area contributed by atoms with E-state index in [1.807, 2.05) is 36.4 Å². The van der Waals surface area contributed by atoms with E-state index in [0.717, 1.165) is 0 Å². The monoisotopic (exact) mass is 478 g/mol. The van der Waals surface area contributed by atoms with Crippen molar-refractivity contribution in [3.05, 3.63) is 143 Å². The van der Waals surface area contributed by atoms with E-state index in [9.17, 15) is 4.79 Å². The highest BCUT2D eigenvalue weighted by Crippen LogP contribution is 2.29. The second kappa shape index (κ2) is 12.7. The zero-order chi connectivity index (χ0) is 25.2. The van der Waals surface area contributed by atoms with Gasteiger partial charge in [-0.15, -0.1) is 0 Å². The maximum absolute atomic E-state index is 12.4. The summed E-state index contributed by atoms with van der Waals surface area (Å²) in [4.78, 5) is 12.4. The molecule has 0 radical (unpaired) electrons. The van der Waals surface area contributed by atoms with Gasteiger partial charge in [0.1, 0.15) is 0 Å². The van der Waals surface area contributed by atoms with Gasteiger partial charge in [-0.2, -0.15) is 0 Å². The molecule has 2 atom stereocenters. The first-order valence-corrected chi connectivity index (χ1v) is 12.6. The number of benzene rings is 4. The first-order chi connectivity index (χ1) is 17.6. The van der Waals surface area contributed by atoms with Crippen molar-refractivity contribution in [1.29, 1.82) is 0 Å². The molecule has 0 bridgehead atoms. The van der Waals surface area contributed by atoms with Crippen LogP contribution in [0.4, 0.5) is 4.79 Å². The number of ether oxygens (including phenoxy) is 2. The van der Waals surface area contributed by atoms with Crippen molar-refractivity contribution < 1.29 is 14.3 Å². The van der Waals surface area contributed by atoms with Crippen LogP contribution < -0.4 is 0 Å². The lowest BCUT2D eigenvalue weighted by Gasteiger charge is -2.19. The van der Waals surface area contributed by atoms with E-state index in [1.165, 1.54) is 33.4 Å². The van der Waals surface area contributed by atoms with Crippen LogP contribution in [0.3, 0.4) is 0 Å². The molecule has 184 valence electrons. The number of aryl methyl sites for hydroxylation is 2. The number of carbonyl (C=O) groups is 1. The average molecular weight is 479 g/mol. The van der Waals surface area contributed by atoms with E-state index < -0.39 is 6.16 Å². The quantitative estimate of drug-likeness (QED) is 0.216. The largest absolute Gasteiger partial charge is 0.508 e. The molecule has 0 aliphatic heterocycles. The average Bonchev–Trinajstić information content (AvgIpc) is 2.91. The van der Waals surface area contributed by atoms with Crippen molar-refractivity contribution in [2.75, 3.05) is 13.2 Å². The van der Waals surface area contributed by atoms with Crippen LogP contribution in [0.2, 0.25) is 0 Å². The van der Waals surface area contributed by atoms with E-state index in [2.05, 4.69) is 86.6 Å². The number of rotatable bonds is 10. The van der Waals surface area contributed by atoms with Crippen molar-refractivity contribution in [1.82, 2.24) is 0 Å². The van der Waals surface area contributed by atoms with Crippen LogP contribution in [-0.2, 0) is 9.47 Å². The van der Waals surface area contributed by atoms with E-state index in [4.69, 9.17) is 9.47 Å². The van der Waals surface area contributed by atoms with Crippen LogP contribution in [0.1, 0.15) is 58.1 Å². The van der Waals surface area contributed by atoms with E-state index in [0.29, 0.717) is 26.1 Å². The van der Waals surface area contributed by atoms with Crippen LogP contribution in [0.25, 0.3) is 0 Å². The Hall–Kier alpha value is -3.85. The van der Waals surface area contributed by atoms with Gasteiger partial charge in [-0.1, -0.05) is 120 Å². The van der Waals surface area contributed by atoms with Gasteiger partial charge in [0, 0.05) is 11.8 Å². The Morgan fingerprint density at radius 3 is 1.22 bits per heavy atom. The molecule has 0 amide bonds. The van der Waals surface area contributed by atoms with Gasteiger partial charge in [0.25, 0.3) is 0 Å². The van der Waals surface area contributed by atoms with Crippen molar-refractivity contribution in [3.8, 4) is 0 Å². The lowest BCUT2D eigenvalue weighted by molar-refractivity contribution is 0.0524. The second-order valence-corrected chi connectivity index (χ2v) is 9.27. The summed E-state index contributed by atoms with van der Waals surface area (Å²) in [6.07, 6.45) is 0.775. The minimum absolute atomic E-state index is 0.156.